The number of esters is 2. The van der Waals surface area contributed by atoms with Crippen molar-refractivity contribution in [2.75, 3.05) is 36.7 Å². The number of rotatable bonds is 13. The lowest BCUT2D eigenvalue weighted by molar-refractivity contribution is -0.142. The molecule has 5 N–H and O–H groups in total. The van der Waals surface area contributed by atoms with Crippen molar-refractivity contribution >= 4 is 35.7 Å². The molecule has 1 amide bonds. The maximum absolute atomic E-state index is 12.5. The second kappa shape index (κ2) is 14.1. The molecule has 0 aliphatic heterocycles. The molecule has 1 aromatic heterocycles. The first kappa shape index (κ1) is 27.8. The second-order valence-electron chi connectivity index (χ2n) is 8.01. The van der Waals surface area contributed by atoms with Crippen LogP contribution in [0.5, 0.6) is 0 Å². The standard InChI is InChI=1S/C25H29N7O6/c1-37-21(34)18(13-16-9-5-3-6-10-16)27-24-29-23(26-15-20(33)32-36)30-25(31-24)28-19(22(35)38-2)14-17-11-7-4-8-12-17/h3-12,18-19,36H,13-15H2,1-2H3,(H,32,33)(H3,26,27,28,29,30,31)/t18-,19-/m0/s1. The zero-order chi connectivity index (χ0) is 27.3. The van der Waals surface area contributed by atoms with Gasteiger partial charge in [-0.3, -0.25) is 10.0 Å². The van der Waals surface area contributed by atoms with Gasteiger partial charge in [0.2, 0.25) is 17.8 Å². The van der Waals surface area contributed by atoms with E-state index >= 15 is 0 Å². The minimum absolute atomic E-state index is 0.0240. The quantitative estimate of drug-likeness (QED) is 0.123. The molecule has 0 radical (unpaired) electrons. The van der Waals surface area contributed by atoms with Crippen LogP contribution in [0.2, 0.25) is 0 Å². The number of nitrogens with one attached hydrogen (secondary N) is 4. The molecule has 0 spiro atoms. The topological polar surface area (TPSA) is 177 Å². The van der Waals surface area contributed by atoms with Crippen molar-refractivity contribution in [2.45, 2.75) is 24.9 Å². The van der Waals surface area contributed by atoms with E-state index in [-0.39, 0.29) is 37.2 Å². The summed E-state index contributed by atoms with van der Waals surface area (Å²) >= 11 is 0. The molecule has 3 aromatic rings. The molecule has 0 fully saturated rings. The van der Waals surface area contributed by atoms with Gasteiger partial charge in [0.15, 0.2) is 0 Å². The summed E-state index contributed by atoms with van der Waals surface area (Å²) in [5.41, 5.74) is 3.24. The predicted molar refractivity (Wildman–Crippen MR) is 137 cm³/mol. The number of benzene rings is 2. The highest BCUT2D eigenvalue weighted by Gasteiger charge is 2.24. The zero-order valence-electron chi connectivity index (χ0n) is 20.9. The van der Waals surface area contributed by atoms with Crippen molar-refractivity contribution in [3.8, 4) is 0 Å². The summed E-state index contributed by atoms with van der Waals surface area (Å²) < 4.78 is 9.88. The molecule has 200 valence electrons. The van der Waals surface area contributed by atoms with Gasteiger partial charge < -0.3 is 25.4 Å². The maximum atomic E-state index is 12.5. The Bertz CT molecular complexity index is 1130. The lowest BCUT2D eigenvalue weighted by Gasteiger charge is -2.19. The van der Waals surface area contributed by atoms with E-state index in [2.05, 4.69) is 30.9 Å². The number of hydrogen-bond donors (Lipinski definition) is 5. The first-order chi connectivity index (χ1) is 18.4. The number of anilines is 3. The highest BCUT2D eigenvalue weighted by Crippen LogP contribution is 2.16. The largest absolute Gasteiger partial charge is 0.467 e. The highest BCUT2D eigenvalue weighted by molar-refractivity contribution is 5.81. The molecule has 2 atom stereocenters. The van der Waals surface area contributed by atoms with Gasteiger partial charge in [0.05, 0.1) is 20.8 Å². The van der Waals surface area contributed by atoms with E-state index in [1.165, 1.54) is 19.7 Å². The van der Waals surface area contributed by atoms with Crippen LogP contribution in [-0.4, -0.2) is 70.9 Å². The average Bonchev–Trinajstić information content (AvgIpc) is 2.95. The Labute approximate surface area is 219 Å². The Kier molecular flexibility index (Phi) is 10.3. The van der Waals surface area contributed by atoms with Crippen LogP contribution in [0.25, 0.3) is 0 Å². The molecule has 13 nitrogen and oxygen atoms in total. The van der Waals surface area contributed by atoms with Gasteiger partial charge in [-0.2, -0.15) is 15.0 Å². The SMILES string of the molecule is COC(=O)[C@H](Cc1ccccc1)Nc1nc(NCC(=O)NO)nc(N[C@@H](Cc2ccccc2)C(=O)OC)n1. The predicted octanol–water partition coefficient (Wildman–Crippen LogP) is 1.18. The molecule has 0 saturated carbocycles. The zero-order valence-corrected chi connectivity index (χ0v) is 20.9. The van der Waals surface area contributed by atoms with Crippen LogP contribution in [0.15, 0.2) is 60.7 Å². The van der Waals surface area contributed by atoms with Crippen LogP contribution in [0.4, 0.5) is 17.8 Å². The number of methoxy groups -OCH3 is 2. The number of hydroxylamine groups is 1. The number of aromatic nitrogens is 3. The van der Waals surface area contributed by atoms with Gasteiger partial charge in [-0.15, -0.1) is 0 Å². The third kappa shape index (κ3) is 8.41. The summed E-state index contributed by atoms with van der Waals surface area (Å²) in [5.74, 6) is -1.93. The van der Waals surface area contributed by atoms with E-state index in [0.717, 1.165) is 11.1 Å². The average molecular weight is 524 g/mol. The molecule has 0 aliphatic carbocycles. The van der Waals surface area contributed by atoms with Crippen molar-refractivity contribution in [2.24, 2.45) is 0 Å². The molecule has 38 heavy (non-hydrogen) atoms. The van der Waals surface area contributed by atoms with Crippen LogP contribution < -0.4 is 21.4 Å². The molecule has 0 aliphatic rings. The van der Waals surface area contributed by atoms with Crippen LogP contribution in [0, 0.1) is 0 Å². The van der Waals surface area contributed by atoms with Crippen LogP contribution in [0.1, 0.15) is 11.1 Å². The van der Waals surface area contributed by atoms with Crippen LogP contribution in [-0.2, 0) is 36.7 Å². The Morgan fingerprint density at radius 3 is 1.55 bits per heavy atom. The monoisotopic (exact) mass is 523 g/mol. The van der Waals surface area contributed by atoms with Gasteiger partial charge in [-0.05, 0) is 11.1 Å². The fourth-order valence-electron chi connectivity index (χ4n) is 3.47. The molecule has 3 rings (SSSR count). The molecule has 1 heterocycles. The van der Waals surface area contributed by atoms with Gasteiger partial charge in [0.25, 0.3) is 5.91 Å². The second-order valence-corrected chi connectivity index (χ2v) is 8.01. The number of ether oxygens (including phenoxy) is 2. The van der Waals surface area contributed by atoms with Crippen LogP contribution >= 0.6 is 0 Å². The number of amides is 1. The molecule has 13 heteroatoms. The van der Waals surface area contributed by atoms with E-state index in [0.29, 0.717) is 0 Å². The fraction of sp³-hybridized carbons (Fsp3) is 0.280. The van der Waals surface area contributed by atoms with Gasteiger partial charge in [0.1, 0.15) is 12.1 Å². The minimum Gasteiger partial charge on any atom is -0.467 e. The third-order valence-corrected chi connectivity index (χ3v) is 5.31. The summed E-state index contributed by atoms with van der Waals surface area (Å²) in [6, 6.07) is 16.9. The minimum atomic E-state index is -0.855. The van der Waals surface area contributed by atoms with Crippen molar-refractivity contribution in [3.63, 3.8) is 0 Å². The van der Waals surface area contributed by atoms with Gasteiger partial charge in [-0.1, -0.05) is 60.7 Å². The Morgan fingerprint density at radius 2 is 1.16 bits per heavy atom. The summed E-state index contributed by atoms with van der Waals surface area (Å²) in [6.07, 6.45) is 0.548. The first-order valence-corrected chi connectivity index (χ1v) is 11.6. The summed E-state index contributed by atoms with van der Waals surface area (Å²) in [4.78, 5) is 49.3. The Balaban J connectivity index is 1.90. The third-order valence-electron chi connectivity index (χ3n) is 5.31. The van der Waals surface area contributed by atoms with E-state index in [1.807, 2.05) is 60.7 Å². The lowest BCUT2D eigenvalue weighted by Crippen LogP contribution is -2.35. The first-order valence-electron chi connectivity index (χ1n) is 11.6. The van der Waals surface area contributed by atoms with Crippen molar-refractivity contribution in [3.05, 3.63) is 71.8 Å². The lowest BCUT2D eigenvalue weighted by atomic mass is 10.1. The fourth-order valence-corrected chi connectivity index (χ4v) is 3.47. The van der Waals surface area contributed by atoms with Crippen molar-refractivity contribution in [1.82, 2.24) is 20.4 Å². The summed E-state index contributed by atoms with van der Waals surface area (Å²) in [6.45, 7) is -0.353. The molecular weight excluding hydrogens is 494 g/mol. The molecule has 0 saturated heterocycles. The number of carbonyl (C=O) groups excluding carboxylic acids is 3. The Morgan fingerprint density at radius 1 is 0.737 bits per heavy atom. The summed E-state index contributed by atoms with van der Waals surface area (Å²) in [5, 5.41) is 17.3. The van der Waals surface area contributed by atoms with Crippen molar-refractivity contribution in [1.29, 1.82) is 0 Å². The Hall–Kier alpha value is -4.78. The van der Waals surface area contributed by atoms with E-state index in [4.69, 9.17) is 14.7 Å². The molecule has 0 unspecified atom stereocenters. The van der Waals surface area contributed by atoms with Gasteiger partial charge in [0, 0.05) is 12.8 Å². The van der Waals surface area contributed by atoms with E-state index < -0.39 is 29.9 Å². The number of hydrogen-bond acceptors (Lipinski definition) is 12. The van der Waals surface area contributed by atoms with Gasteiger partial charge >= 0.3 is 11.9 Å². The van der Waals surface area contributed by atoms with Gasteiger partial charge in [-0.25, -0.2) is 15.1 Å². The van der Waals surface area contributed by atoms with E-state index in [1.54, 1.807) is 0 Å². The number of nitrogens with zero attached hydrogens (tertiary/aromatic N) is 3. The maximum Gasteiger partial charge on any atom is 0.328 e. The normalized spacial score (nSPS) is 12.0. The summed E-state index contributed by atoms with van der Waals surface area (Å²) in [7, 11) is 2.54. The van der Waals surface area contributed by atoms with Crippen LogP contribution in [0.3, 0.4) is 0 Å². The number of carbonyl (C=O) groups is 3. The van der Waals surface area contributed by atoms with Crippen molar-refractivity contribution < 1.29 is 29.1 Å². The highest BCUT2D eigenvalue weighted by atomic mass is 16.5. The molecule has 0 bridgehead atoms. The molecular formula is C25H29N7O6. The smallest absolute Gasteiger partial charge is 0.328 e. The molecule has 2 aromatic carbocycles. The van der Waals surface area contributed by atoms with E-state index in [9.17, 15) is 14.4 Å².